The second-order valence-electron chi connectivity index (χ2n) is 9.21. The van der Waals surface area contributed by atoms with Crippen molar-refractivity contribution in [3.8, 4) is 5.75 Å². The van der Waals surface area contributed by atoms with Crippen LogP contribution in [0.15, 0.2) is 64.4 Å². The lowest BCUT2D eigenvalue weighted by Gasteiger charge is -2.37. The van der Waals surface area contributed by atoms with Crippen molar-refractivity contribution in [3.63, 3.8) is 0 Å². The summed E-state index contributed by atoms with van der Waals surface area (Å²) in [5.74, 6) is 5.74. The summed E-state index contributed by atoms with van der Waals surface area (Å²) in [5, 5.41) is 15.0. The van der Waals surface area contributed by atoms with Gasteiger partial charge >= 0.3 is 0 Å². The van der Waals surface area contributed by atoms with Crippen LogP contribution >= 0.6 is 0 Å². The molecule has 1 aliphatic heterocycles. The van der Waals surface area contributed by atoms with Crippen molar-refractivity contribution in [2.75, 3.05) is 36.5 Å². The summed E-state index contributed by atoms with van der Waals surface area (Å²) < 4.78 is 0. The molecular formula is C27H35N5O4. The fourth-order valence-electron chi connectivity index (χ4n) is 4.05. The van der Waals surface area contributed by atoms with E-state index in [1.165, 1.54) is 12.1 Å². The molecule has 1 fully saturated rings. The van der Waals surface area contributed by atoms with E-state index in [-0.39, 0.29) is 46.2 Å². The lowest BCUT2D eigenvalue weighted by Crippen LogP contribution is -2.48. The van der Waals surface area contributed by atoms with Crippen LogP contribution in [0.1, 0.15) is 38.1 Å². The minimum absolute atomic E-state index is 0.0356. The van der Waals surface area contributed by atoms with Crippen molar-refractivity contribution in [1.82, 2.24) is 9.80 Å². The average Bonchev–Trinajstić information content (AvgIpc) is 2.87. The zero-order chi connectivity index (χ0) is 26.6. The van der Waals surface area contributed by atoms with Crippen molar-refractivity contribution < 1.29 is 9.90 Å². The Morgan fingerprint density at radius 3 is 2.36 bits per heavy atom. The van der Waals surface area contributed by atoms with Crippen LogP contribution in [0.2, 0.25) is 0 Å². The van der Waals surface area contributed by atoms with Crippen LogP contribution in [-0.2, 0) is 0 Å². The van der Waals surface area contributed by atoms with Gasteiger partial charge in [-0.2, -0.15) is 0 Å². The molecule has 0 spiro atoms. The highest BCUT2D eigenvalue weighted by atomic mass is 16.3. The van der Waals surface area contributed by atoms with Crippen LogP contribution < -0.4 is 27.0 Å². The maximum absolute atomic E-state index is 13.3. The molecule has 9 heteroatoms. The van der Waals surface area contributed by atoms with Gasteiger partial charge in [0.05, 0.1) is 5.56 Å². The quantitative estimate of drug-likeness (QED) is 0.211. The van der Waals surface area contributed by atoms with E-state index in [0.29, 0.717) is 26.2 Å². The second kappa shape index (κ2) is 11.3. The van der Waals surface area contributed by atoms with E-state index in [0.717, 1.165) is 10.7 Å². The molecule has 4 N–H and O–H groups in total. The number of amides is 1. The maximum atomic E-state index is 13.3. The van der Waals surface area contributed by atoms with Crippen LogP contribution in [0.3, 0.4) is 0 Å². The number of nitrogens with two attached hydrogens (primary N) is 1. The summed E-state index contributed by atoms with van der Waals surface area (Å²) in [4.78, 5) is 41.7. The van der Waals surface area contributed by atoms with E-state index in [1.54, 1.807) is 17.0 Å². The summed E-state index contributed by atoms with van der Waals surface area (Å²) in [6.45, 7) is 13.8. The van der Waals surface area contributed by atoms with Gasteiger partial charge in [0.25, 0.3) is 16.8 Å². The molecule has 0 radical (unpaired) electrons. The summed E-state index contributed by atoms with van der Waals surface area (Å²) in [7, 11) is 0. The number of anilines is 3. The first-order valence-corrected chi connectivity index (χ1v) is 12.1. The van der Waals surface area contributed by atoms with Crippen molar-refractivity contribution >= 4 is 23.0 Å². The summed E-state index contributed by atoms with van der Waals surface area (Å²) in [5.41, 5.74) is -0.154. The van der Waals surface area contributed by atoms with Gasteiger partial charge in [0, 0.05) is 37.9 Å². The molecule has 2 aromatic carbocycles. The van der Waals surface area contributed by atoms with Crippen molar-refractivity contribution in [3.05, 3.63) is 80.8 Å². The molecule has 3 rings (SSSR count). The third-order valence-corrected chi connectivity index (χ3v) is 6.56. The Bertz CT molecular complexity index is 1250. The highest BCUT2D eigenvalue weighted by Crippen LogP contribution is 2.35. The molecule has 0 aromatic heterocycles. The number of hydrazine groups is 1. The first kappa shape index (κ1) is 26.7. The zero-order valence-corrected chi connectivity index (χ0v) is 21.3. The number of piperazine rings is 1. The van der Waals surface area contributed by atoms with E-state index in [2.05, 4.69) is 16.8 Å². The van der Waals surface area contributed by atoms with E-state index in [9.17, 15) is 19.5 Å². The lowest BCUT2D eigenvalue weighted by atomic mass is 10.0. The number of phenolic OH excluding ortho intramolecular Hbond substituents is 1. The molecule has 1 heterocycles. The molecule has 9 nitrogen and oxygen atoms in total. The van der Waals surface area contributed by atoms with Gasteiger partial charge in [0.2, 0.25) is 0 Å². The number of allylic oxidation sites excluding steroid dienone is 4. The van der Waals surface area contributed by atoms with Gasteiger partial charge in [-0.25, -0.2) is 5.84 Å². The third-order valence-electron chi connectivity index (χ3n) is 6.56. The third kappa shape index (κ3) is 5.21. The first-order valence-electron chi connectivity index (χ1n) is 12.1. The molecule has 1 atom stereocenters. The fraction of sp³-hybridized carbons (Fsp3) is 0.370. The number of hydrogen-bond donors (Lipinski definition) is 3. The molecular weight excluding hydrogens is 458 g/mol. The topological polar surface area (TPSA) is 119 Å². The minimum Gasteiger partial charge on any atom is -0.505 e. The van der Waals surface area contributed by atoms with Gasteiger partial charge in [-0.3, -0.25) is 19.4 Å². The SMILES string of the molecule is C=C/C=C(\C=C/C)N1CCN(C(=O)c2cccc(N(N)c3c(N[C@@H](C)C(C)C)c(=O)c3=O)c2O)CC1. The lowest BCUT2D eigenvalue weighted by molar-refractivity contribution is 0.0669. The number of para-hydroxylation sites is 1. The average molecular weight is 494 g/mol. The van der Waals surface area contributed by atoms with Crippen LogP contribution in [-0.4, -0.2) is 53.0 Å². The molecule has 0 unspecified atom stereocenters. The molecule has 36 heavy (non-hydrogen) atoms. The monoisotopic (exact) mass is 493 g/mol. The Labute approximate surface area is 211 Å². The van der Waals surface area contributed by atoms with Gasteiger partial charge < -0.3 is 20.2 Å². The van der Waals surface area contributed by atoms with E-state index in [1.807, 2.05) is 45.9 Å². The molecule has 2 aromatic rings. The van der Waals surface area contributed by atoms with Gasteiger partial charge in [-0.1, -0.05) is 38.6 Å². The molecule has 0 saturated carbocycles. The Morgan fingerprint density at radius 1 is 1.14 bits per heavy atom. The highest BCUT2D eigenvalue weighted by molar-refractivity contribution is 5.99. The van der Waals surface area contributed by atoms with Crippen LogP contribution in [0.5, 0.6) is 5.75 Å². The van der Waals surface area contributed by atoms with Crippen LogP contribution in [0.25, 0.3) is 0 Å². The number of nitrogens with zero attached hydrogens (tertiary/aromatic N) is 3. The number of nitrogens with one attached hydrogen (secondary N) is 1. The highest BCUT2D eigenvalue weighted by Gasteiger charge is 2.30. The van der Waals surface area contributed by atoms with Crippen molar-refractivity contribution in [2.24, 2.45) is 11.8 Å². The van der Waals surface area contributed by atoms with Gasteiger partial charge in [0.15, 0.2) is 5.75 Å². The number of carbonyl (C=O) groups is 1. The molecule has 1 saturated heterocycles. The number of rotatable bonds is 9. The summed E-state index contributed by atoms with van der Waals surface area (Å²) >= 11 is 0. The predicted octanol–water partition coefficient (Wildman–Crippen LogP) is 2.86. The molecule has 0 bridgehead atoms. The normalized spacial score (nSPS) is 15.6. The maximum Gasteiger partial charge on any atom is 0.257 e. The first-order chi connectivity index (χ1) is 17.1. The van der Waals surface area contributed by atoms with E-state index >= 15 is 0 Å². The second-order valence-corrected chi connectivity index (χ2v) is 9.21. The van der Waals surface area contributed by atoms with Crippen molar-refractivity contribution in [2.45, 2.75) is 33.7 Å². The molecule has 192 valence electrons. The van der Waals surface area contributed by atoms with Gasteiger partial charge in [0.1, 0.15) is 17.1 Å². The molecule has 1 amide bonds. The zero-order valence-electron chi connectivity index (χ0n) is 21.3. The van der Waals surface area contributed by atoms with Gasteiger partial charge in [-0.05, 0) is 44.1 Å². The standard InChI is InChI=1S/C27H35N5O4/c1-6-9-19(10-7-2)30-13-15-31(16-14-30)27(36)20-11-8-12-21(24(20)33)32(28)23-22(25(34)26(23)35)29-18(5)17(3)4/h6-12,17-18,29,33H,1,13-16,28H2,2-5H3/b10-7-,19-9+/t18-/m0/s1. The minimum atomic E-state index is -0.743. The molecule has 0 aliphatic carbocycles. The number of phenols is 1. The van der Waals surface area contributed by atoms with Crippen molar-refractivity contribution in [1.29, 1.82) is 0 Å². The largest absolute Gasteiger partial charge is 0.505 e. The number of carbonyl (C=O) groups excluding carboxylic acids is 1. The van der Waals surface area contributed by atoms with Gasteiger partial charge in [-0.15, -0.1) is 0 Å². The predicted molar refractivity (Wildman–Crippen MR) is 144 cm³/mol. The smallest absolute Gasteiger partial charge is 0.257 e. The Hall–Kier alpha value is -3.85. The van der Waals surface area contributed by atoms with E-state index < -0.39 is 10.9 Å². The Balaban J connectivity index is 1.81. The summed E-state index contributed by atoms with van der Waals surface area (Å²) in [6.07, 6.45) is 7.61. The number of aromatic hydroxyl groups is 1. The Morgan fingerprint density at radius 2 is 1.78 bits per heavy atom. The van der Waals surface area contributed by atoms with Crippen LogP contribution in [0.4, 0.5) is 17.1 Å². The summed E-state index contributed by atoms with van der Waals surface area (Å²) in [6, 6.07) is 4.53. The number of benzene rings is 1. The van der Waals surface area contributed by atoms with Crippen LogP contribution in [0, 0.1) is 5.92 Å². The van der Waals surface area contributed by atoms with E-state index in [4.69, 9.17) is 5.84 Å². The molecule has 1 aliphatic rings. The number of hydrogen-bond acceptors (Lipinski definition) is 8. The Kier molecular flexibility index (Phi) is 8.37. The fourth-order valence-corrected chi connectivity index (χ4v) is 4.05.